The summed E-state index contributed by atoms with van der Waals surface area (Å²) in [5.74, 6) is -0.174. The predicted molar refractivity (Wildman–Crippen MR) is 118 cm³/mol. The molecule has 0 aliphatic rings. The molecule has 0 atom stereocenters. The molecule has 10 heteroatoms. The summed E-state index contributed by atoms with van der Waals surface area (Å²) in [5.41, 5.74) is 2.08. The van der Waals surface area contributed by atoms with Gasteiger partial charge in [0.2, 0.25) is 15.9 Å². The van der Waals surface area contributed by atoms with Crippen molar-refractivity contribution >= 4 is 56.5 Å². The normalized spacial score (nSPS) is 11.7. The zero-order valence-corrected chi connectivity index (χ0v) is 18.5. The molecule has 0 spiro atoms. The van der Waals surface area contributed by atoms with Crippen LogP contribution in [0.2, 0.25) is 0 Å². The van der Waals surface area contributed by atoms with Crippen molar-refractivity contribution in [1.82, 2.24) is 14.3 Å². The second kappa shape index (κ2) is 8.62. The first-order valence-electron chi connectivity index (χ1n) is 8.63. The molecule has 0 saturated heterocycles. The molecule has 0 unspecified atom stereocenters. The van der Waals surface area contributed by atoms with Crippen LogP contribution in [0.25, 0.3) is 10.9 Å². The maximum atomic E-state index is 12.4. The Morgan fingerprint density at radius 3 is 2.69 bits per heavy atom. The fourth-order valence-corrected chi connectivity index (χ4v) is 4.50. The van der Waals surface area contributed by atoms with Crippen LogP contribution in [0, 0.1) is 11.6 Å². The number of hydrogen-bond donors (Lipinski definition) is 2. The van der Waals surface area contributed by atoms with Crippen molar-refractivity contribution in [2.45, 2.75) is 17.0 Å². The Bertz CT molecular complexity index is 1240. The van der Waals surface area contributed by atoms with Crippen molar-refractivity contribution in [2.24, 2.45) is 0 Å². The van der Waals surface area contributed by atoms with Crippen LogP contribution in [-0.4, -0.2) is 48.4 Å². The van der Waals surface area contributed by atoms with Crippen LogP contribution < -0.4 is 5.32 Å². The van der Waals surface area contributed by atoms with Gasteiger partial charge in [-0.1, -0.05) is 42.2 Å². The number of carbonyl (C=O) groups excluding carboxylic acids is 1. The van der Waals surface area contributed by atoms with Crippen LogP contribution in [0.15, 0.2) is 52.5 Å². The van der Waals surface area contributed by atoms with Gasteiger partial charge in [0.05, 0.1) is 16.2 Å². The molecule has 1 heterocycles. The van der Waals surface area contributed by atoms with Gasteiger partial charge < -0.3 is 10.3 Å². The van der Waals surface area contributed by atoms with Crippen LogP contribution in [-0.2, 0) is 14.8 Å². The van der Waals surface area contributed by atoms with Crippen LogP contribution in [0.4, 0.5) is 5.69 Å². The van der Waals surface area contributed by atoms with E-state index in [1.165, 1.54) is 38.0 Å². The third-order valence-electron chi connectivity index (χ3n) is 4.20. The minimum atomic E-state index is -3.58. The number of aromatic amines is 1. The van der Waals surface area contributed by atoms with Crippen molar-refractivity contribution in [1.29, 1.82) is 0 Å². The first-order valence-corrected chi connectivity index (χ1v) is 11.5. The number of sulfonamides is 1. The van der Waals surface area contributed by atoms with Gasteiger partial charge >= 0.3 is 0 Å². The van der Waals surface area contributed by atoms with E-state index < -0.39 is 10.0 Å². The largest absolute Gasteiger partial charge is 0.334 e. The quantitative estimate of drug-likeness (QED) is 0.340. The van der Waals surface area contributed by atoms with Gasteiger partial charge in [-0.2, -0.15) is 0 Å². The number of hydrogen-bond acceptors (Lipinski definition) is 6. The Kier molecular flexibility index (Phi) is 6.37. The Morgan fingerprint density at radius 1 is 1.24 bits per heavy atom. The Labute approximate surface area is 178 Å². The van der Waals surface area contributed by atoms with Gasteiger partial charge in [0.1, 0.15) is 4.64 Å². The number of para-hydroxylation sites is 1. The summed E-state index contributed by atoms with van der Waals surface area (Å²) in [6.45, 7) is 1.80. The molecule has 2 aromatic carbocycles. The molecule has 0 bridgehead atoms. The summed E-state index contributed by atoms with van der Waals surface area (Å²) in [4.78, 5) is 20.0. The van der Waals surface area contributed by atoms with Gasteiger partial charge in [-0.25, -0.2) is 17.7 Å². The number of benzene rings is 2. The molecule has 7 nitrogen and oxygen atoms in total. The number of rotatable bonds is 6. The second-order valence-electron chi connectivity index (χ2n) is 6.49. The van der Waals surface area contributed by atoms with E-state index in [1.54, 1.807) is 13.0 Å². The highest BCUT2D eigenvalue weighted by Gasteiger charge is 2.18. The minimum absolute atomic E-state index is 0.0979. The average Bonchev–Trinajstić information content (AvgIpc) is 2.68. The Balaban J connectivity index is 1.74. The molecule has 0 radical (unpaired) electrons. The van der Waals surface area contributed by atoms with Crippen molar-refractivity contribution in [2.75, 3.05) is 25.2 Å². The lowest BCUT2D eigenvalue weighted by Crippen LogP contribution is -2.22. The molecule has 1 aromatic heterocycles. The van der Waals surface area contributed by atoms with Gasteiger partial charge in [-0.05, 0) is 36.8 Å². The lowest BCUT2D eigenvalue weighted by atomic mass is 10.2. The molecule has 3 aromatic rings. The highest BCUT2D eigenvalue weighted by molar-refractivity contribution is 7.99. The smallest absolute Gasteiger partial charge is 0.242 e. The lowest BCUT2D eigenvalue weighted by molar-refractivity contribution is -0.113. The van der Waals surface area contributed by atoms with Gasteiger partial charge in [-0.3, -0.25) is 4.79 Å². The summed E-state index contributed by atoms with van der Waals surface area (Å²) in [6.07, 6.45) is 0. The molecule has 0 aliphatic heterocycles. The molecule has 0 saturated carbocycles. The Morgan fingerprint density at radius 2 is 1.97 bits per heavy atom. The number of carbonyl (C=O) groups is 1. The highest BCUT2D eigenvalue weighted by atomic mass is 32.2. The van der Waals surface area contributed by atoms with Crippen LogP contribution in [0.1, 0.15) is 5.56 Å². The molecule has 0 aliphatic carbocycles. The van der Waals surface area contributed by atoms with E-state index in [2.05, 4.69) is 15.3 Å². The van der Waals surface area contributed by atoms with Crippen LogP contribution in [0.3, 0.4) is 0 Å². The number of amides is 1. The molecule has 0 fully saturated rings. The third-order valence-corrected chi connectivity index (χ3v) is 7.20. The number of aryl methyl sites for hydroxylation is 1. The van der Waals surface area contributed by atoms with E-state index >= 15 is 0 Å². The zero-order chi connectivity index (χ0) is 21.2. The number of H-pyrrole nitrogens is 1. The van der Waals surface area contributed by atoms with E-state index in [9.17, 15) is 13.2 Å². The molecular formula is C19H20N4O3S3. The SMILES string of the molecule is Cc1ccc(S(=O)(=O)N(C)C)cc1NC(=O)CSc1nc(=S)c2ccccc2[nH]1. The number of fused-ring (bicyclic) bond motifs is 1. The van der Waals surface area contributed by atoms with Gasteiger partial charge in [-0.15, -0.1) is 0 Å². The number of thioether (sulfide) groups is 1. The summed E-state index contributed by atoms with van der Waals surface area (Å²) in [7, 11) is -0.657. The van der Waals surface area contributed by atoms with Crippen molar-refractivity contribution in [3.05, 3.63) is 52.7 Å². The first kappa shape index (κ1) is 21.4. The predicted octanol–water partition coefficient (Wildman–Crippen LogP) is 3.58. The Hall–Kier alpha value is -2.27. The van der Waals surface area contributed by atoms with E-state index in [4.69, 9.17) is 12.2 Å². The molecule has 29 heavy (non-hydrogen) atoms. The topological polar surface area (TPSA) is 95.2 Å². The van der Waals surface area contributed by atoms with Gasteiger partial charge in [0.15, 0.2) is 5.16 Å². The van der Waals surface area contributed by atoms with E-state index in [0.717, 1.165) is 20.8 Å². The first-order chi connectivity index (χ1) is 13.7. The van der Waals surface area contributed by atoms with Crippen molar-refractivity contribution in [3.63, 3.8) is 0 Å². The van der Waals surface area contributed by atoms with Crippen LogP contribution in [0.5, 0.6) is 0 Å². The second-order valence-corrected chi connectivity index (χ2v) is 10.00. The van der Waals surface area contributed by atoms with Crippen molar-refractivity contribution in [3.8, 4) is 0 Å². The minimum Gasteiger partial charge on any atom is -0.334 e. The number of anilines is 1. The number of aromatic nitrogens is 2. The summed E-state index contributed by atoms with van der Waals surface area (Å²) in [5, 5.41) is 4.17. The molecule has 3 rings (SSSR count). The zero-order valence-electron chi connectivity index (χ0n) is 16.1. The summed E-state index contributed by atoms with van der Waals surface area (Å²) in [6, 6.07) is 12.2. The number of nitrogens with one attached hydrogen (secondary N) is 2. The number of nitrogens with zero attached hydrogens (tertiary/aromatic N) is 2. The molecule has 2 N–H and O–H groups in total. The molecule has 1 amide bonds. The fraction of sp³-hybridized carbons (Fsp3) is 0.211. The monoisotopic (exact) mass is 448 g/mol. The summed E-state index contributed by atoms with van der Waals surface area (Å²) >= 11 is 6.53. The average molecular weight is 449 g/mol. The van der Waals surface area contributed by atoms with Crippen molar-refractivity contribution < 1.29 is 13.2 Å². The van der Waals surface area contributed by atoms with Crippen LogP contribution >= 0.6 is 24.0 Å². The standard InChI is InChI=1S/C19H20N4O3S3/c1-12-8-9-13(29(25,26)23(2)3)10-16(12)20-17(24)11-28-19-21-15-7-5-4-6-14(15)18(27)22-19/h4-10H,11H2,1-3H3,(H,20,24)(H,21,22,27). The van der Waals surface area contributed by atoms with E-state index in [-0.39, 0.29) is 16.6 Å². The fourth-order valence-electron chi connectivity index (χ4n) is 2.57. The van der Waals surface area contributed by atoms with Gasteiger partial charge in [0, 0.05) is 25.2 Å². The highest BCUT2D eigenvalue weighted by Crippen LogP contribution is 2.23. The van der Waals surface area contributed by atoms with E-state index in [0.29, 0.717) is 15.5 Å². The molecular weight excluding hydrogens is 428 g/mol. The van der Waals surface area contributed by atoms with Gasteiger partial charge in [0.25, 0.3) is 0 Å². The lowest BCUT2D eigenvalue weighted by Gasteiger charge is -2.14. The maximum absolute atomic E-state index is 12.4. The third kappa shape index (κ3) is 4.84. The van der Waals surface area contributed by atoms with E-state index in [1.807, 2.05) is 24.3 Å². The maximum Gasteiger partial charge on any atom is 0.242 e. The summed E-state index contributed by atoms with van der Waals surface area (Å²) < 4.78 is 26.2. The molecule has 152 valence electrons.